The second-order valence-electron chi connectivity index (χ2n) is 7.67. The fourth-order valence-electron chi connectivity index (χ4n) is 3.87. The molecular formula is C23H21FN6O2. The molecule has 9 heteroatoms. The van der Waals surface area contributed by atoms with Crippen LogP contribution in [-0.4, -0.2) is 32.3 Å². The summed E-state index contributed by atoms with van der Waals surface area (Å²) in [6.07, 6.45) is 2.38. The highest BCUT2D eigenvalue weighted by Crippen LogP contribution is 2.32. The third-order valence-corrected chi connectivity index (χ3v) is 5.50. The van der Waals surface area contributed by atoms with Crippen LogP contribution in [0.4, 0.5) is 20.8 Å². The Labute approximate surface area is 183 Å². The van der Waals surface area contributed by atoms with Gasteiger partial charge in [0.1, 0.15) is 5.82 Å². The van der Waals surface area contributed by atoms with E-state index in [1.54, 1.807) is 22.8 Å². The molecule has 0 saturated carbocycles. The predicted octanol–water partition coefficient (Wildman–Crippen LogP) is 4.34. The van der Waals surface area contributed by atoms with Crippen molar-refractivity contribution in [3.63, 3.8) is 0 Å². The molecule has 162 valence electrons. The number of aromatic nitrogens is 3. The van der Waals surface area contributed by atoms with E-state index >= 15 is 0 Å². The normalized spacial score (nSPS) is 15.9. The Hall–Kier alpha value is -3.98. The molecule has 3 heterocycles. The molecule has 0 unspecified atom stereocenters. The lowest BCUT2D eigenvalue weighted by Crippen LogP contribution is -2.33. The maximum atomic E-state index is 13.7. The largest absolute Gasteiger partial charge is 0.366 e. The maximum Gasteiger partial charge on any atom is 0.346 e. The van der Waals surface area contributed by atoms with E-state index in [9.17, 15) is 9.18 Å². The summed E-state index contributed by atoms with van der Waals surface area (Å²) in [6, 6.07) is 15.1. The lowest BCUT2D eigenvalue weighted by molar-refractivity contribution is -0.0830. The lowest BCUT2D eigenvalue weighted by Gasteiger charge is -2.23. The number of carbonyl (C=O) groups is 1. The van der Waals surface area contributed by atoms with Gasteiger partial charge >= 0.3 is 6.03 Å². The highest BCUT2D eigenvalue weighted by Gasteiger charge is 2.32. The first-order valence-corrected chi connectivity index (χ1v) is 10.2. The zero-order valence-corrected chi connectivity index (χ0v) is 17.3. The van der Waals surface area contributed by atoms with E-state index in [0.717, 1.165) is 16.7 Å². The Bertz CT molecular complexity index is 1320. The average molecular weight is 432 g/mol. The Morgan fingerprint density at radius 1 is 1.19 bits per heavy atom. The number of nitrogens with one attached hydrogen (secondary N) is 1. The van der Waals surface area contributed by atoms with E-state index in [0.29, 0.717) is 29.9 Å². The van der Waals surface area contributed by atoms with Crippen LogP contribution in [0.5, 0.6) is 0 Å². The number of nitrogens with two attached hydrogens (primary N) is 1. The van der Waals surface area contributed by atoms with Crippen molar-refractivity contribution < 1.29 is 14.0 Å². The molecule has 4 aromatic rings. The molecule has 1 atom stereocenters. The fraction of sp³-hybridized carbons (Fsp3) is 0.174. The number of benzene rings is 2. The lowest BCUT2D eigenvalue weighted by atomic mass is 10.0. The Morgan fingerprint density at radius 2 is 2.03 bits per heavy atom. The smallest absolute Gasteiger partial charge is 0.346 e. The number of carbonyl (C=O) groups excluding carboxylic acids is 1. The summed E-state index contributed by atoms with van der Waals surface area (Å²) < 4.78 is 15.3. The maximum absolute atomic E-state index is 13.7. The second-order valence-corrected chi connectivity index (χ2v) is 7.67. The Kier molecular flexibility index (Phi) is 4.95. The molecule has 1 aliphatic heterocycles. The number of pyridine rings is 1. The van der Waals surface area contributed by atoms with Crippen LogP contribution in [0.1, 0.15) is 23.6 Å². The highest BCUT2D eigenvalue weighted by atomic mass is 19.1. The molecule has 0 spiro atoms. The number of halogens is 1. The highest BCUT2D eigenvalue weighted by molar-refractivity contribution is 5.91. The number of nitrogen functional groups attached to an aromatic ring is 1. The van der Waals surface area contributed by atoms with E-state index in [1.807, 2.05) is 37.3 Å². The molecule has 2 amide bonds. The van der Waals surface area contributed by atoms with Crippen LogP contribution >= 0.6 is 0 Å². The molecule has 0 radical (unpaired) electrons. The topological polar surface area (TPSA) is 97.8 Å². The van der Waals surface area contributed by atoms with Crippen molar-refractivity contribution in [1.29, 1.82) is 0 Å². The number of amides is 2. The van der Waals surface area contributed by atoms with Gasteiger partial charge in [0.2, 0.25) is 5.95 Å². The third kappa shape index (κ3) is 3.74. The quantitative estimate of drug-likeness (QED) is 0.502. The molecule has 2 aromatic heterocycles. The molecular weight excluding hydrogens is 411 g/mol. The molecule has 3 N–H and O–H groups in total. The monoisotopic (exact) mass is 432 g/mol. The first-order chi connectivity index (χ1) is 15.5. The first-order valence-electron chi connectivity index (χ1n) is 10.2. The number of hydroxylamine groups is 2. The number of hydrogen-bond donors (Lipinski definition) is 2. The van der Waals surface area contributed by atoms with Gasteiger partial charge in [-0.1, -0.05) is 24.3 Å². The van der Waals surface area contributed by atoms with Crippen molar-refractivity contribution in [2.24, 2.45) is 0 Å². The van der Waals surface area contributed by atoms with Gasteiger partial charge < -0.3 is 11.1 Å². The van der Waals surface area contributed by atoms with Gasteiger partial charge in [0.15, 0.2) is 5.65 Å². The number of urea groups is 1. The minimum absolute atomic E-state index is 0.206. The molecule has 0 aliphatic carbocycles. The fourth-order valence-corrected chi connectivity index (χ4v) is 3.87. The summed E-state index contributed by atoms with van der Waals surface area (Å²) in [5.41, 5.74) is 10.4. The van der Waals surface area contributed by atoms with Gasteiger partial charge in [-0.25, -0.2) is 13.7 Å². The van der Waals surface area contributed by atoms with Crippen LogP contribution in [0.3, 0.4) is 0 Å². The predicted molar refractivity (Wildman–Crippen MR) is 118 cm³/mol. The molecule has 2 aromatic carbocycles. The molecule has 1 saturated heterocycles. The van der Waals surface area contributed by atoms with Crippen molar-refractivity contribution >= 4 is 23.3 Å². The summed E-state index contributed by atoms with van der Waals surface area (Å²) in [6.45, 7) is 2.30. The minimum Gasteiger partial charge on any atom is -0.366 e. The van der Waals surface area contributed by atoms with Crippen LogP contribution in [-0.2, 0) is 4.84 Å². The van der Waals surface area contributed by atoms with Gasteiger partial charge in [-0.2, -0.15) is 10.0 Å². The molecule has 5 rings (SSSR count). The van der Waals surface area contributed by atoms with Crippen LogP contribution in [0.25, 0.3) is 16.8 Å². The molecule has 8 nitrogen and oxygen atoms in total. The molecule has 0 bridgehead atoms. The Balaban J connectivity index is 1.40. The number of fused-ring (bicyclic) bond motifs is 1. The van der Waals surface area contributed by atoms with E-state index in [2.05, 4.69) is 15.4 Å². The number of rotatable bonds is 3. The first kappa shape index (κ1) is 20.0. The number of anilines is 2. The summed E-state index contributed by atoms with van der Waals surface area (Å²) >= 11 is 0. The van der Waals surface area contributed by atoms with E-state index in [1.165, 1.54) is 17.2 Å². The summed E-state index contributed by atoms with van der Waals surface area (Å²) in [4.78, 5) is 22.8. The van der Waals surface area contributed by atoms with Gasteiger partial charge in [-0.15, -0.1) is 5.10 Å². The van der Waals surface area contributed by atoms with Crippen LogP contribution in [0, 0.1) is 12.7 Å². The van der Waals surface area contributed by atoms with Crippen LogP contribution in [0.15, 0.2) is 60.8 Å². The van der Waals surface area contributed by atoms with Crippen molar-refractivity contribution in [2.75, 3.05) is 17.7 Å². The van der Waals surface area contributed by atoms with E-state index in [4.69, 9.17) is 10.6 Å². The minimum atomic E-state index is -0.405. The van der Waals surface area contributed by atoms with Gasteiger partial charge in [0, 0.05) is 18.3 Å². The SMILES string of the molecule is Cc1ccc(-c2ccn3nc(N)nc3c2)cc1NC(=O)N1OCC[C@H]1c1cccc(F)c1. The van der Waals surface area contributed by atoms with Crippen LogP contribution < -0.4 is 11.1 Å². The van der Waals surface area contributed by atoms with Gasteiger partial charge in [0.25, 0.3) is 0 Å². The van der Waals surface area contributed by atoms with Crippen molar-refractivity contribution in [2.45, 2.75) is 19.4 Å². The number of nitrogens with zero attached hydrogens (tertiary/aromatic N) is 4. The number of hydrogen-bond acceptors (Lipinski definition) is 5. The zero-order chi connectivity index (χ0) is 22.2. The standard InChI is InChI=1S/C23H21FN6O2/c1-14-5-6-15(16-7-9-29-21(13-16)27-22(25)28-29)12-19(14)26-23(31)30-20(8-10-32-30)17-3-2-4-18(24)11-17/h2-7,9,11-13,20H,8,10H2,1H3,(H2,25,28)(H,26,31)/t20-/m0/s1. The van der Waals surface area contributed by atoms with E-state index < -0.39 is 6.03 Å². The second kappa shape index (κ2) is 7.93. The van der Waals surface area contributed by atoms with Gasteiger partial charge in [-0.05, 0) is 59.5 Å². The molecule has 1 aliphatic rings. The van der Waals surface area contributed by atoms with Crippen molar-refractivity contribution in [1.82, 2.24) is 19.7 Å². The van der Waals surface area contributed by atoms with E-state index in [-0.39, 0.29) is 17.8 Å². The van der Waals surface area contributed by atoms with Gasteiger partial charge in [0.05, 0.1) is 12.6 Å². The summed E-state index contributed by atoms with van der Waals surface area (Å²) in [5, 5.41) is 8.30. The molecule has 32 heavy (non-hydrogen) atoms. The summed E-state index contributed by atoms with van der Waals surface area (Å²) in [7, 11) is 0. The Morgan fingerprint density at radius 3 is 2.88 bits per heavy atom. The third-order valence-electron chi connectivity index (χ3n) is 5.50. The zero-order valence-electron chi connectivity index (χ0n) is 17.3. The molecule has 1 fully saturated rings. The van der Waals surface area contributed by atoms with Gasteiger partial charge in [-0.3, -0.25) is 4.84 Å². The summed E-state index contributed by atoms with van der Waals surface area (Å²) in [5.74, 6) is -0.137. The average Bonchev–Trinajstić information content (AvgIpc) is 3.40. The van der Waals surface area contributed by atoms with Crippen molar-refractivity contribution in [3.8, 4) is 11.1 Å². The van der Waals surface area contributed by atoms with Crippen LogP contribution in [0.2, 0.25) is 0 Å². The number of aryl methyl sites for hydroxylation is 1. The van der Waals surface area contributed by atoms with Crippen molar-refractivity contribution in [3.05, 3.63) is 77.7 Å².